The van der Waals surface area contributed by atoms with Crippen molar-refractivity contribution in [3.63, 3.8) is 0 Å². The standard InChI is InChI=1S/C9H14F2N2O2/c10-9(11)5-12-3-1-7(9)13-4-2-6(14)8(13)15/h6-7,12,14H,1-5H2. The van der Waals surface area contributed by atoms with Crippen molar-refractivity contribution in [2.24, 2.45) is 0 Å². The minimum atomic E-state index is -2.89. The van der Waals surface area contributed by atoms with Gasteiger partial charge in [0.15, 0.2) is 0 Å². The highest BCUT2D eigenvalue weighted by atomic mass is 19.3. The Labute approximate surface area is 86.2 Å². The fourth-order valence-corrected chi connectivity index (χ4v) is 2.20. The van der Waals surface area contributed by atoms with Crippen molar-refractivity contribution >= 4 is 5.91 Å². The number of hydrogen-bond donors (Lipinski definition) is 2. The molecule has 86 valence electrons. The highest BCUT2D eigenvalue weighted by Gasteiger charge is 2.49. The molecule has 0 aromatic carbocycles. The zero-order valence-electron chi connectivity index (χ0n) is 8.25. The van der Waals surface area contributed by atoms with Crippen LogP contribution in [0.2, 0.25) is 0 Å². The fourth-order valence-electron chi connectivity index (χ4n) is 2.20. The second-order valence-corrected chi connectivity index (χ2v) is 4.08. The van der Waals surface area contributed by atoms with Crippen molar-refractivity contribution in [2.45, 2.75) is 30.9 Å². The van der Waals surface area contributed by atoms with Crippen LogP contribution in [0.25, 0.3) is 0 Å². The van der Waals surface area contributed by atoms with Gasteiger partial charge in [0, 0.05) is 6.54 Å². The molecule has 0 aromatic rings. The van der Waals surface area contributed by atoms with Crippen molar-refractivity contribution in [2.75, 3.05) is 19.6 Å². The number of alkyl halides is 2. The topological polar surface area (TPSA) is 52.6 Å². The SMILES string of the molecule is O=C1C(O)CCN1C1CCNCC1(F)F. The summed E-state index contributed by atoms with van der Waals surface area (Å²) in [6.45, 7) is 0.331. The van der Waals surface area contributed by atoms with Crippen LogP contribution in [0.1, 0.15) is 12.8 Å². The van der Waals surface area contributed by atoms with E-state index >= 15 is 0 Å². The lowest BCUT2D eigenvalue weighted by Gasteiger charge is -2.37. The third-order valence-corrected chi connectivity index (χ3v) is 3.03. The first kappa shape index (κ1) is 10.8. The molecule has 0 radical (unpaired) electrons. The van der Waals surface area contributed by atoms with Gasteiger partial charge in [0.2, 0.25) is 0 Å². The normalized spacial score (nSPS) is 35.9. The molecule has 0 aromatic heterocycles. The number of carbonyl (C=O) groups is 1. The summed E-state index contributed by atoms with van der Waals surface area (Å²) in [4.78, 5) is 12.5. The van der Waals surface area contributed by atoms with Crippen LogP contribution in [0.5, 0.6) is 0 Å². The Morgan fingerprint density at radius 1 is 1.47 bits per heavy atom. The molecule has 2 aliphatic heterocycles. The maximum atomic E-state index is 13.5. The van der Waals surface area contributed by atoms with Gasteiger partial charge in [-0.05, 0) is 19.4 Å². The van der Waals surface area contributed by atoms with Crippen LogP contribution in [-0.2, 0) is 4.79 Å². The van der Waals surface area contributed by atoms with Gasteiger partial charge in [-0.1, -0.05) is 0 Å². The van der Waals surface area contributed by atoms with Gasteiger partial charge in [0.1, 0.15) is 6.10 Å². The zero-order chi connectivity index (χ0) is 11.1. The summed E-state index contributed by atoms with van der Waals surface area (Å²) in [6.07, 6.45) is -0.583. The maximum absolute atomic E-state index is 13.5. The molecule has 2 atom stereocenters. The quantitative estimate of drug-likeness (QED) is 0.631. The molecule has 0 spiro atoms. The highest BCUT2D eigenvalue weighted by molar-refractivity contribution is 5.83. The van der Waals surface area contributed by atoms with E-state index in [1.807, 2.05) is 0 Å². The molecule has 0 bridgehead atoms. The highest BCUT2D eigenvalue weighted by Crippen LogP contribution is 2.30. The summed E-state index contributed by atoms with van der Waals surface area (Å²) < 4.78 is 27.0. The minimum Gasteiger partial charge on any atom is -0.383 e. The smallest absolute Gasteiger partial charge is 0.280 e. The minimum absolute atomic E-state index is 0.236. The van der Waals surface area contributed by atoms with Gasteiger partial charge in [0.25, 0.3) is 11.8 Å². The van der Waals surface area contributed by atoms with Gasteiger partial charge in [0.05, 0.1) is 12.6 Å². The molecule has 0 aliphatic carbocycles. The molecule has 0 saturated carbocycles. The summed E-state index contributed by atoms with van der Waals surface area (Å²) in [6, 6.07) is -1.05. The summed E-state index contributed by atoms with van der Waals surface area (Å²) in [5.74, 6) is -3.44. The number of rotatable bonds is 1. The molecule has 2 heterocycles. The van der Waals surface area contributed by atoms with Crippen LogP contribution < -0.4 is 5.32 Å². The van der Waals surface area contributed by atoms with E-state index in [4.69, 9.17) is 0 Å². The van der Waals surface area contributed by atoms with E-state index in [2.05, 4.69) is 5.32 Å². The number of nitrogens with one attached hydrogen (secondary N) is 1. The molecular formula is C9H14F2N2O2. The van der Waals surface area contributed by atoms with Gasteiger partial charge in [-0.25, -0.2) is 8.78 Å². The molecule has 4 nitrogen and oxygen atoms in total. The molecule has 2 saturated heterocycles. The Hall–Kier alpha value is -0.750. The Morgan fingerprint density at radius 2 is 2.20 bits per heavy atom. The monoisotopic (exact) mass is 220 g/mol. The van der Waals surface area contributed by atoms with Crippen LogP contribution in [0.3, 0.4) is 0 Å². The van der Waals surface area contributed by atoms with Crippen molar-refractivity contribution in [1.82, 2.24) is 10.2 Å². The fraction of sp³-hybridized carbons (Fsp3) is 0.889. The molecule has 6 heteroatoms. The van der Waals surface area contributed by atoms with Crippen molar-refractivity contribution in [3.8, 4) is 0 Å². The van der Waals surface area contributed by atoms with Crippen molar-refractivity contribution in [3.05, 3.63) is 0 Å². The largest absolute Gasteiger partial charge is 0.383 e. The molecular weight excluding hydrogens is 206 g/mol. The van der Waals surface area contributed by atoms with Gasteiger partial charge >= 0.3 is 0 Å². The number of amides is 1. The lowest BCUT2D eigenvalue weighted by atomic mass is 10.0. The third-order valence-electron chi connectivity index (χ3n) is 3.03. The number of carbonyl (C=O) groups excluding carboxylic acids is 1. The Morgan fingerprint density at radius 3 is 2.73 bits per heavy atom. The summed E-state index contributed by atoms with van der Waals surface area (Å²) in [5.41, 5.74) is 0. The lowest BCUT2D eigenvalue weighted by Crippen LogP contribution is -2.58. The average Bonchev–Trinajstić information content (AvgIpc) is 2.48. The number of likely N-dealkylation sites (tertiary alicyclic amines) is 1. The van der Waals surface area contributed by atoms with E-state index in [9.17, 15) is 18.7 Å². The van der Waals surface area contributed by atoms with Gasteiger partial charge in [-0.3, -0.25) is 4.79 Å². The number of nitrogens with zero attached hydrogens (tertiary/aromatic N) is 1. The molecule has 2 aliphatic rings. The first-order valence-electron chi connectivity index (χ1n) is 5.09. The first-order valence-corrected chi connectivity index (χ1v) is 5.09. The van der Waals surface area contributed by atoms with E-state index < -0.39 is 30.5 Å². The van der Waals surface area contributed by atoms with Crippen LogP contribution in [-0.4, -0.2) is 53.6 Å². The van der Waals surface area contributed by atoms with E-state index in [1.165, 1.54) is 0 Å². The molecule has 2 fully saturated rings. The summed E-state index contributed by atoms with van der Waals surface area (Å²) in [7, 11) is 0. The van der Waals surface area contributed by atoms with E-state index in [0.29, 0.717) is 6.54 Å². The van der Waals surface area contributed by atoms with E-state index in [0.717, 1.165) is 4.90 Å². The second kappa shape index (κ2) is 3.68. The number of aliphatic hydroxyl groups is 1. The summed E-state index contributed by atoms with van der Waals surface area (Å²) >= 11 is 0. The number of aliphatic hydroxyl groups excluding tert-OH is 1. The summed E-state index contributed by atoms with van der Waals surface area (Å²) in [5, 5.41) is 11.8. The zero-order valence-corrected chi connectivity index (χ0v) is 8.25. The predicted octanol–water partition coefficient (Wildman–Crippen LogP) is -0.423. The Kier molecular flexibility index (Phi) is 2.64. The van der Waals surface area contributed by atoms with Crippen LogP contribution in [0.15, 0.2) is 0 Å². The van der Waals surface area contributed by atoms with Crippen LogP contribution in [0, 0.1) is 0 Å². The number of halogens is 2. The number of piperidine rings is 1. The lowest BCUT2D eigenvalue weighted by molar-refractivity contribution is -0.148. The van der Waals surface area contributed by atoms with E-state index in [-0.39, 0.29) is 19.4 Å². The van der Waals surface area contributed by atoms with Crippen molar-refractivity contribution < 1.29 is 18.7 Å². The molecule has 15 heavy (non-hydrogen) atoms. The molecule has 1 amide bonds. The average molecular weight is 220 g/mol. The van der Waals surface area contributed by atoms with Gasteiger partial charge in [-0.2, -0.15) is 0 Å². The Balaban J connectivity index is 2.12. The van der Waals surface area contributed by atoms with Crippen LogP contribution in [0.4, 0.5) is 8.78 Å². The number of hydrogen-bond acceptors (Lipinski definition) is 3. The van der Waals surface area contributed by atoms with Crippen molar-refractivity contribution in [1.29, 1.82) is 0 Å². The predicted molar refractivity (Wildman–Crippen MR) is 48.6 cm³/mol. The molecule has 2 rings (SSSR count). The third kappa shape index (κ3) is 1.83. The maximum Gasteiger partial charge on any atom is 0.280 e. The van der Waals surface area contributed by atoms with Gasteiger partial charge in [-0.15, -0.1) is 0 Å². The first-order chi connectivity index (χ1) is 7.02. The van der Waals surface area contributed by atoms with Gasteiger partial charge < -0.3 is 15.3 Å². The Bertz CT molecular complexity index is 273. The van der Waals surface area contributed by atoms with Crippen LogP contribution >= 0.6 is 0 Å². The van der Waals surface area contributed by atoms with E-state index in [1.54, 1.807) is 0 Å². The molecule has 2 unspecified atom stereocenters. The molecule has 2 N–H and O–H groups in total. The second-order valence-electron chi connectivity index (χ2n) is 4.08.